The van der Waals surface area contributed by atoms with Gasteiger partial charge in [0.2, 0.25) is 5.91 Å². The average molecular weight is 358 g/mol. The van der Waals surface area contributed by atoms with E-state index in [-0.39, 0.29) is 24.2 Å². The molecule has 0 aliphatic carbocycles. The van der Waals surface area contributed by atoms with Crippen LogP contribution in [-0.2, 0) is 4.79 Å². The number of nitrogens with two attached hydrogens (primary N) is 1. The van der Waals surface area contributed by atoms with Crippen molar-refractivity contribution in [3.63, 3.8) is 0 Å². The number of rotatable bonds is 5. The van der Waals surface area contributed by atoms with Crippen molar-refractivity contribution in [2.75, 3.05) is 46.9 Å². The van der Waals surface area contributed by atoms with Crippen molar-refractivity contribution in [3.05, 3.63) is 23.8 Å². The van der Waals surface area contributed by atoms with Crippen LogP contribution in [0.4, 0.5) is 0 Å². The van der Waals surface area contributed by atoms with Gasteiger partial charge >= 0.3 is 0 Å². The van der Waals surface area contributed by atoms with Gasteiger partial charge in [-0.25, -0.2) is 0 Å². The molecule has 2 rings (SSSR count). The van der Waals surface area contributed by atoms with Crippen molar-refractivity contribution in [2.24, 2.45) is 5.73 Å². The SMILES string of the molecule is COc1ccc(C(=O)N2CCN(C(=O)CCN)CC2)c(OC)c1.Cl. The zero-order chi connectivity index (χ0) is 16.8. The van der Waals surface area contributed by atoms with Crippen molar-refractivity contribution in [3.8, 4) is 11.5 Å². The summed E-state index contributed by atoms with van der Waals surface area (Å²) in [6, 6.07) is 5.12. The van der Waals surface area contributed by atoms with Gasteiger partial charge < -0.3 is 25.0 Å². The number of carbonyl (C=O) groups is 2. The van der Waals surface area contributed by atoms with Gasteiger partial charge in [0.15, 0.2) is 0 Å². The predicted octanol–water partition coefficient (Wildman–Crippen LogP) is 0.759. The molecule has 2 N–H and O–H groups in total. The molecule has 1 aliphatic heterocycles. The molecule has 0 bridgehead atoms. The summed E-state index contributed by atoms with van der Waals surface area (Å²) < 4.78 is 10.4. The molecule has 24 heavy (non-hydrogen) atoms. The van der Waals surface area contributed by atoms with Gasteiger partial charge in [-0.05, 0) is 12.1 Å². The fourth-order valence-corrected chi connectivity index (χ4v) is 2.59. The van der Waals surface area contributed by atoms with E-state index in [9.17, 15) is 9.59 Å². The first-order valence-corrected chi connectivity index (χ1v) is 7.59. The lowest BCUT2D eigenvalue weighted by molar-refractivity contribution is -0.132. The van der Waals surface area contributed by atoms with Crippen LogP contribution in [0.15, 0.2) is 18.2 Å². The Morgan fingerprint density at radius 2 is 1.71 bits per heavy atom. The van der Waals surface area contributed by atoms with E-state index in [1.54, 1.807) is 35.1 Å². The molecule has 2 amide bonds. The second-order valence-corrected chi connectivity index (χ2v) is 5.28. The fraction of sp³-hybridized carbons (Fsp3) is 0.500. The number of piperazine rings is 1. The van der Waals surface area contributed by atoms with Gasteiger partial charge in [0, 0.05) is 45.2 Å². The van der Waals surface area contributed by atoms with E-state index in [1.165, 1.54) is 7.11 Å². The highest BCUT2D eigenvalue weighted by molar-refractivity contribution is 5.97. The highest BCUT2D eigenvalue weighted by Crippen LogP contribution is 2.26. The summed E-state index contributed by atoms with van der Waals surface area (Å²) in [4.78, 5) is 28.0. The lowest BCUT2D eigenvalue weighted by atomic mass is 10.1. The summed E-state index contributed by atoms with van der Waals surface area (Å²) in [6.07, 6.45) is 0.347. The van der Waals surface area contributed by atoms with E-state index >= 15 is 0 Å². The van der Waals surface area contributed by atoms with Crippen LogP contribution in [0.25, 0.3) is 0 Å². The fourth-order valence-electron chi connectivity index (χ4n) is 2.59. The van der Waals surface area contributed by atoms with Gasteiger partial charge in [0.1, 0.15) is 11.5 Å². The van der Waals surface area contributed by atoms with Gasteiger partial charge in [-0.1, -0.05) is 0 Å². The first-order chi connectivity index (χ1) is 11.1. The highest BCUT2D eigenvalue weighted by atomic mass is 35.5. The van der Waals surface area contributed by atoms with Crippen molar-refractivity contribution in [1.82, 2.24) is 9.80 Å². The Balaban J connectivity index is 0.00000288. The van der Waals surface area contributed by atoms with Crippen LogP contribution < -0.4 is 15.2 Å². The number of ether oxygens (including phenoxy) is 2. The van der Waals surface area contributed by atoms with Crippen LogP contribution in [0.1, 0.15) is 16.8 Å². The van der Waals surface area contributed by atoms with Crippen molar-refractivity contribution in [2.45, 2.75) is 6.42 Å². The normalized spacial score (nSPS) is 14.0. The van der Waals surface area contributed by atoms with E-state index in [0.717, 1.165) is 0 Å². The number of carbonyl (C=O) groups excluding carboxylic acids is 2. The van der Waals surface area contributed by atoms with Crippen molar-refractivity contribution in [1.29, 1.82) is 0 Å². The Labute approximate surface area is 148 Å². The second kappa shape index (κ2) is 9.34. The largest absolute Gasteiger partial charge is 0.497 e. The van der Waals surface area contributed by atoms with E-state index in [0.29, 0.717) is 56.2 Å². The van der Waals surface area contributed by atoms with Gasteiger partial charge in [-0.2, -0.15) is 0 Å². The number of halogens is 1. The molecule has 0 aromatic heterocycles. The van der Waals surface area contributed by atoms with Gasteiger partial charge in [0.05, 0.1) is 19.8 Å². The number of methoxy groups -OCH3 is 2. The highest BCUT2D eigenvalue weighted by Gasteiger charge is 2.26. The summed E-state index contributed by atoms with van der Waals surface area (Å²) in [5, 5.41) is 0. The van der Waals surface area contributed by atoms with Crippen LogP contribution in [0.5, 0.6) is 11.5 Å². The number of hydrogen-bond acceptors (Lipinski definition) is 5. The molecule has 0 radical (unpaired) electrons. The Kier molecular flexibility index (Phi) is 7.81. The summed E-state index contributed by atoms with van der Waals surface area (Å²) in [6.45, 7) is 2.42. The third-order valence-corrected chi connectivity index (χ3v) is 3.92. The molecule has 0 spiro atoms. The third-order valence-electron chi connectivity index (χ3n) is 3.92. The minimum atomic E-state index is -0.101. The minimum Gasteiger partial charge on any atom is -0.497 e. The molecule has 134 valence electrons. The Hall–Kier alpha value is -1.99. The molecule has 0 unspecified atom stereocenters. The summed E-state index contributed by atoms with van der Waals surface area (Å²) in [7, 11) is 3.09. The lowest BCUT2D eigenvalue weighted by Gasteiger charge is -2.35. The first kappa shape index (κ1) is 20.1. The lowest BCUT2D eigenvalue weighted by Crippen LogP contribution is -2.50. The summed E-state index contributed by atoms with van der Waals surface area (Å²) in [5.41, 5.74) is 5.90. The zero-order valence-corrected chi connectivity index (χ0v) is 14.8. The minimum absolute atomic E-state index is 0. The number of benzene rings is 1. The predicted molar refractivity (Wildman–Crippen MR) is 92.9 cm³/mol. The smallest absolute Gasteiger partial charge is 0.257 e. The molecule has 1 aromatic carbocycles. The maximum atomic E-state index is 12.7. The molecule has 1 heterocycles. The number of amides is 2. The molecule has 1 aromatic rings. The van der Waals surface area contributed by atoms with Gasteiger partial charge in [-0.3, -0.25) is 9.59 Å². The van der Waals surface area contributed by atoms with Crippen molar-refractivity contribution < 1.29 is 19.1 Å². The Morgan fingerprint density at radius 1 is 1.08 bits per heavy atom. The molecule has 0 saturated carbocycles. The standard InChI is InChI=1S/C16H23N3O4.ClH/c1-22-12-3-4-13(14(11-12)23-2)16(21)19-9-7-18(8-10-19)15(20)5-6-17;/h3-4,11H,5-10,17H2,1-2H3;1H. The van der Waals surface area contributed by atoms with Crippen LogP contribution >= 0.6 is 12.4 Å². The molecular weight excluding hydrogens is 334 g/mol. The van der Waals surface area contributed by atoms with Crippen LogP contribution in [-0.4, -0.2) is 68.6 Å². The number of hydrogen-bond donors (Lipinski definition) is 1. The molecule has 7 nitrogen and oxygen atoms in total. The van der Waals surface area contributed by atoms with Gasteiger partial charge in [0.25, 0.3) is 5.91 Å². The second-order valence-electron chi connectivity index (χ2n) is 5.28. The molecular formula is C16H24ClN3O4. The molecule has 1 saturated heterocycles. The van der Waals surface area contributed by atoms with Crippen LogP contribution in [0.2, 0.25) is 0 Å². The topological polar surface area (TPSA) is 85.1 Å². The zero-order valence-electron chi connectivity index (χ0n) is 14.0. The maximum absolute atomic E-state index is 12.7. The number of nitrogens with zero attached hydrogens (tertiary/aromatic N) is 2. The quantitative estimate of drug-likeness (QED) is 0.840. The van der Waals surface area contributed by atoms with Crippen LogP contribution in [0, 0.1) is 0 Å². The molecule has 1 aliphatic rings. The Morgan fingerprint density at radius 3 is 2.25 bits per heavy atom. The van der Waals surface area contributed by atoms with E-state index in [4.69, 9.17) is 15.2 Å². The van der Waals surface area contributed by atoms with E-state index in [2.05, 4.69) is 0 Å². The van der Waals surface area contributed by atoms with E-state index < -0.39 is 0 Å². The van der Waals surface area contributed by atoms with Crippen LogP contribution in [0.3, 0.4) is 0 Å². The Bertz CT molecular complexity index is 574. The molecule has 0 atom stereocenters. The maximum Gasteiger partial charge on any atom is 0.257 e. The van der Waals surface area contributed by atoms with Crippen molar-refractivity contribution >= 4 is 24.2 Å². The molecule has 1 fully saturated rings. The summed E-state index contributed by atoms with van der Waals surface area (Å²) in [5.74, 6) is 1.06. The summed E-state index contributed by atoms with van der Waals surface area (Å²) >= 11 is 0. The average Bonchev–Trinajstić information content (AvgIpc) is 2.60. The monoisotopic (exact) mass is 357 g/mol. The first-order valence-electron chi connectivity index (χ1n) is 7.59. The molecule has 8 heteroatoms. The third kappa shape index (κ3) is 4.52. The van der Waals surface area contributed by atoms with E-state index in [1.807, 2.05) is 0 Å². The van der Waals surface area contributed by atoms with Gasteiger partial charge in [-0.15, -0.1) is 12.4 Å².